The number of fused-ring (bicyclic) bond motifs is 1. The van der Waals surface area contributed by atoms with Gasteiger partial charge in [-0.05, 0) is 69.6 Å². The van der Waals surface area contributed by atoms with E-state index in [1.54, 1.807) is 50.7 Å². The van der Waals surface area contributed by atoms with Crippen molar-refractivity contribution in [3.63, 3.8) is 0 Å². The van der Waals surface area contributed by atoms with Crippen molar-refractivity contribution in [1.29, 1.82) is 0 Å². The molecule has 8 atom stereocenters. The normalized spacial score (nSPS) is 23.2. The highest BCUT2D eigenvalue weighted by molar-refractivity contribution is 7.90. The molecule has 1 saturated carbocycles. The van der Waals surface area contributed by atoms with Crippen LogP contribution in [-0.2, 0) is 29.1 Å². The molecule has 2 aromatic rings. The van der Waals surface area contributed by atoms with Gasteiger partial charge in [0.15, 0.2) is 0 Å². The lowest BCUT2D eigenvalue weighted by molar-refractivity contribution is -0.144. The second kappa shape index (κ2) is 21.7. The number of allylic oxidation sites excluding steroid dienone is 1. The molecule has 2 aliphatic heterocycles. The largest absolute Gasteiger partial charge is 0.514 e. The quantitative estimate of drug-likeness (QED) is 0.0757. The van der Waals surface area contributed by atoms with Crippen molar-refractivity contribution in [2.24, 2.45) is 23.2 Å². The lowest BCUT2D eigenvalue weighted by atomic mass is 9.76. The molecular formula is C51H74N6O10S. The number of likely N-dealkylation sites (tertiary alicyclic amines) is 2. The molecule has 4 aliphatic rings. The topological polar surface area (TPSA) is 209 Å². The molecule has 0 radical (unpaired) electrons. The van der Waals surface area contributed by atoms with Crippen LogP contribution in [-0.4, -0.2) is 120 Å². The summed E-state index contributed by atoms with van der Waals surface area (Å²) in [6, 6.07) is 9.63. The summed E-state index contributed by atoms with van der Waals surface area (Å²) < 4.78 is 46.8. The van der Waals surface area contributed by atoms with Crippen LogP contribution in [0.5, 0.6) is 5.75 Å². The van der Waals surface area contributed by atoms with Crippen molar-refractivity contribution in [1.82, 2.24) is 30.1 Å². The van der Waals surface area contributed by atoms with Crippen LogP contribution in [0.2, 0.25) is 0 Å². The van der Waals surface area contributed by atoms with E-state index in [-0.39, 0.29) is 42.8 Å². The Hall–Kier alpha value is -5.13. The lowest BCUT2D eigenvalue weighted by Gasteiger charge is -2.42. The number of rotatable bonds is 18. The number of methoxy groups -OCH3 is 1. The van der Waals surface area contributed by atoms with E-state index >= 15 is 0 Å². The number of hydrogen-bond acceptors (Lipinski definition) is 12. The minimum Gasteiger partial charge on any atom is -0.514 e. The molecule has 0 spiro atoms. The number of alkyl carbamates (subject to hydrolysis) is 1. The summed E-state index contributed by atoms with van der Waals surface area (Å²) in [7, 11) is -2.19. The van der Waals surface area contributed by atoms with Gasteiger partial charge in [0, 0.05) is 74.6 Å². The SMILES string of the molecule is C=CC(C)[C@@H](NC(=O)[C@@H]1CC(Oc2cc(-c3ccccc3)nc3c2C(C)CC(OC)=C3)CN1C(O)C(CC(=O)N1CCCC(CNC(=O)OC(C)(C)C)C1)C(C)(C)C)/C(=C/O)NS(=O)(=O)C1CC1. The summed E-state index contributed by atoms with van der Waals surface area (Å²) in [5, 5.41) is 28.4. The summed E-state index contributed by atoms with van der Waals surface area (Å²) in [6.07, 6.45) is 4.99. The lowest BCUT2D eigenvalue weighted by Crippen LogP contribution is -2.56. The number of hydrogen-bond donors (Lipinski definition) is 5. The monoisotopic (exact) mass is 963 g/mol. The highest BCUT2D eigenvalue weighted by Crippen LogP contribution is 2.43. The zero-order chi connectivity index (χ0) is 49.7. The van der Waals surface area contributed by atoms with E-state index < -0.39 is 74.5 Å². The van der Waals surface area contributed by atoms with E-state index in [1.165, 1.54) is 0 Å². The Kier molecular flexibility index (Phi) is 16.6. The van der Waals surface area contributed by atoms with Crippen molar-refractivity contribution in [3.05, 3.63) is 78.0 Å². The number of nitrogens with one attached hydrogen (secondary N) is 3. The molecule has 3 fully saturated rings. The van der Waals surface area contributed by atoms with Crippen molar-refractivity contribution in [2.75, 3.05) is 33.3 Å². The molecule has 3 amide bonds. The minimum absolute atomic E-state index is 0.0148. The van der Waals surface area contributed by atoms with E-state index in [0.717, 1.165) is 29.7 Å². The Morgan fingerprint density at radius 2 is 1.76 bits per heavy atom. The fourth-order valence-electron chi connectivity index (χ4n) is 9.49. The summed E-state index contributed by atoms with van der Waals surface area (Å²) in [6.45, 7) is 20.4. The maximum Gasteiger partial charge on any atom is 0.407 e. The number of aromatic nitrogens is 1. The third-order valence-electron chi connectivity index (χ3n) is 13.5. The highest BCUT2D eigenvalue weighted by Gasteiger charge is 2.48. The first-order chi connectivity index (χ1) is 32.0. The van der Waals surface area contributed by atoms with Crippen LogP contribution in [0.4, 0.5) is 4.79 Å². The zero-order valence-electron chi connectivity index (χ0n) is 41.3. The van der Waals surface area contributed by atoms with Crippen molar-refractivity contribution < 1.29 is 47.2 Å². The van der Waals surface area contributed by atoms with Crippen LogP contribution >= 0.6 is 0 Å². The molecular weight excluding hydrogens is 889 g/mol. The molecule has 2 aliphatic carbocycles. The molecule has 374 valence electrons. The number of benzene rings is 1. The zero-order valence-corrected chi connectivity index (χ0v) is 42.1. The van der Waals surface area contributed by atoms with Crippen molar-refractivity contribution in [2.45, 2.75) is 142 Å². The van der Waals surface area contributed by atoms with Gasteiger partial charge in [0.2, 0.25) is 21.8 Å². The summed E-state index contributed by atoms with van der Waals surface area (Å²) in [5.74, 6) is -0.504. The van der Waals surface area contributed by atoms with E-state index in [4.69, 9.17) is 19.2 Å². The maximum atomic E-state index is 14.9. The van der Waals surface area contributed by atoms with E-state index in [1.807, 2.05) is 63.2 Å². The Morgan fingerprint density at radius 3 is 2.38 bits per heavy atom. The van der Waals surface area contributed by atoms with Crippen molar-refractivity contribution in [3.8, 4) is 17.0 Å². The summed E-state index contributed by atoms with van der Waals surface area (Å²) in [5.41, 5.74) is 1.80. The van der Waals surface area contributed by atoms with Gasteiger partial charge >= 0.3 is 6.09 Å². The molecule has 16 nitrogen and oxygen atoms in total. The average Bonchev–Trinajstić information content (AvgIpc) is 4.08. The van der Waals surface area contributed by atoms with Gasteiger partial charge in [-0.15, -0.1) is 6.58 Å². The molecule has 3 heterocycles. The van der Waals surface area contributed by atoms with Gasteiger partial charge < -0.3 is 40.0 Å². The fourth-order valence-corrected chi connectivity index (χ4v) is 10.9. The third-order valence-corrected chi connectivity index (χ3v) is 15.4. The van der Waals surface area contributed by atoms with E-state index in [0.29, 0.717) is 62.3 Å². The Morgan fingerprint density at radius 1 is 1.06 bits per heavy atom. The number of amides is 3. The van der Waals surface area contributed by atoms with Crippen LogP contribution in [0.25, 0.3) is 17.3 Å². The van der Waals surface area contributed by atoms with Gasteiger partial charge in [0.25, 0.3) is 0 Å². The van der Waals surface area contributed by atoms with E-state index in [2.05, 4.69) is 28.9 Å². The van der Waals surface area contributed by atoms with Crippen LogP contribution < -0.4 is 20.1 Å². The molecule has 68 heavy (non-hydrogen) atoms. The first-order valence-electron chi connectivity index (χ1n) is 24.0. The number of ether oxygens (including phenoxy) is 3. The van der Waals surface area contributed by atoms with Gasteiger partial charge in [-0.1, -0.05) is 71.0 Å². The Labute approximate surface area is 403 Å². The number of carbonyl (C=O) groups excluding carboxylic acids is 3. The second-order valence-electron chi connectivity index (χ2n) is 21.1. The van der Waals surface area contributed by atoms with Crippen LogP contribution in [0, 0.1) is 23.2 Å². The summed E-state index contributed by atoms with van der Waals surface area (Å²) >= 11 is 0. The van der Waals surface area contributed by atoms with Gasteiger partial charge in [0.1, 0.15) is 29.9 Å². The van der Waals surface area contributed by atoms with Crippen LogP contribution in [0.1, 0.15) is 118 Å². The molecule has 1 aromatic heterocycles. The van der Waals surface area contributed by atoms with Crippen molar-refractivity contribution >= 4 is 34.0 Å². The van der Waals surface area contributed by atoms with Gasteiger partial charge in [-0.25, -0.2) is 18.2 Å². The molecule has 2 saturated heterocycles. The number of aliphatic hydroxyl groups is 2. The van der Waals surface area contributed by atoms with E-state index in [9.17, 15) is 33.0 Å². The second-order valence-corrected chi connectivity index (χ2v) is 23.1. The highest BCUT2D eigenvalue weighted by atomic mass is 32.2. The van der Waals surface area contributed by atoms with Gasteiger partial charge in [-0.3, -0.25) is 19.2 Å². The first-order valence-corrected chi connectivity index (χ1v) is 25.5. The number of aliphatic hydroxyl groups excluding tert-OH is 2. The number of pyridine rings is 1. The van der Waals surface area contributed by atoms with Gasteiger partial charge in [0.05, 0.1) is 47.3 Å². The number of nitrogens with zero attached hydrogens (tertiary/aromatic N) is 3. The average molecular weight is 963 g/mol. The summed E-state index contributed by atoms with van der Waals surface area (Å²) in [4.78, 5) is 50.2. The smallest absolute Gasteiger partial charge is 0.407 e. The fraction of sp³-hybridized carbons (Fsp3) is 0.608. The minimum atomic E-state index is -3.83. The molecule has 5 N–H and O–H groups in total. The third kappa shape index (κ3) is 13.1. The van der Waals surface area contributed by atoms with Gasteiger partial charge in [-0.2, -0.15) is 0 Å². The molecule has 6 rings (SSSR count). The molecule has 17 heteroatoms. The maximum absolute atomic E-state index is 14.9. The molecule has 1 aromatic carbocycles. The predicted molar refractivity (Wildman–Crippen MR) is 261 cm³/mol. The van der Waals surface area contributed by atoms with Crippen LogP contribution in [0.3, 0.4) is 0 Å². The molecule has 6 unspecified atom stereocenters. The predicted octanol–water partition coefficient (Wildman–Crippen LogP) is 6.99. The number of piperidine rings is 1. The Bertz CT molecular complexity index is 2300. The first kappa shape index (κ1) is 52.2. The Balaban J connectivity index is 1.31. The number of sulfonamides is 1. The number of carbonyl (C=O) groups is 3. The standard InChI is InChI=1S/C51H74N6O10S/c1-11-31(2)46(41(30-58)55-68(63,64)37-19-20-37)54-47(60)42-24-36(66-43-26-39(34-17-13-12-14-18-34)53-40-23-35(65-10)22-32(3)45(40)43)29-57(42)48(61)38(50(4,5)6)25-44(59)56-21-15-16-33(28-56)27-52-49(62)67-51(7,8)9/h11-14,17-18,23,26,30-33,36-38,42,46,48,55,58,61H,1,15-16,19-22,24-25,27-29H2,2-10H3,(H,52,62)(H,54,60)/b41-30-/t31?,32?,33?,36?,38?,42-,46+,48?/m0/s1. The van der Waals surface area contributed by atoms with Crippen LogP contribution in [0.15, 0.2) is 66.8 Å². The molecule has 0 bridgehead atoms.